The molecule has 0 radical (unpaired) electrons. The molecular formula is C11H21ClIN3S. The molecule has 0 aromatic carbocycles. The third-order valence-corrected chi connectivity index (χ3v) is 3.81. The predicted octanol–water partition coefficient (Wildman–Crippen LogP) is 2.76. The molecule has 0 saturated carbocycles. The van der Waals surface area contributed by atoms with Gasteiger partial charge in [-0.1, -0.05) is 18.2 Å². The van der Waals surface area contributed by atoms with Crippen molar-refractivity contribution in [1.82, 2.24) is 10.2 Å². The number of nitrogens with zero attached hydrogens (tertiary/aromatic N) is 2. The molecule has 1 rings (SSSR count). The highest BCUT2D eigenvalue weighted by Crippen LogP contribution is 2.29. The maximum absolute atomic E-state index is 5.74. The zero-order chi connectivity index (χ0) is 12.2. The molecule has 0 spiro atoms. The van der Waals surface area contributed by atoms with Gasteiger partial charge < -0.3 is 10.2 Å². The number of aliphatic imine (C=N–C) groups is 1. The van der Waals surface area contributed by atoms with Crippen molar-refractivity contribution in [2.24, 2.45) is 4.99 Å². The predicted molar refractivity (Wildman–Crippen MR) is 89.9 cm³/mol. The molecule has 6 heteroatoms. The molecule has 17 heavy (non-hydrogen) atoms. The Kier molecular flexibility index (Phi) is 7.91. The Morgan fingerprint density at radius 1 is 1.59 bits per heavy atom. The minimum atomic E-state index is 0. The number of thioether (sulfide) groups is 1. The fourth-order valence-corrected chi connectivity index (χ4v) is 2.88. The topological polar surface area (TPSA) is 27.6 Å². The van der Waals surface area contributed by atoms with Gasteiger partial charge in [-0.25, -0.2) is 0 Å². The van der Waals surface area contributed by atoms with Gasteiger partial charge in [-0.15, -0.1) is 24.0 Å². The molecule has 0 aliphatic carbocycles. The molecule has 0 unspecified atom stereocenters. The van der Waals surface area contributed by atoms with Crippen LogP contribution in [0, 0.1) is 0 Å². The van der Waals surface area contributed by atoms with E-state index in [9.17, 15) is 0 Å². The third kappa shape index (κ3) is 6.20. The van der Waals surface area contributed by atoms with E-state index in [0.717, 1.165) is 24.8 Å². The Morgan fingerprint density at radius 3 is 2.71 bits per heavy atom. The van der Waals surface area contributed by atoms with Crippen LogP contribution in [0.1, 0.15) is 13.8 Å². The summed E-state index contributed by atoms with van der Waals surface area (Å²) in [5.74, 6) is 2.05. The lowest BCUT2D eigenvalue weighted by atomic mass is 10.2. The van der Waals surface area contributed by atoms with Crippen LogP contribution in [0.15, 0.2) is 16.6 Å². The number of hydrogen-bond donors (Lipinski definition) is 1. The molecule has 100 valence electrons. The van der Waals surface area contributed by atoms with Gasteiger partial charge in [0.2, 0.25) is 0 Å². The van der Waals surface area contributed by atoms with Crippen molar-refractivity contribution >= 4 is 53.3 Å². The zero-order valence-electron chi connectivity index (χ0n) is 10.6. The maximum atomic E-state index is 5.74. The largest absolute Gasteiger partial charge is 0.351 e. The van der Waals surface area contributed by atoms with Gasteiger partial charge in [0.1, 0.15) is 0 Å². The highest BCUT2D eigenvalue weighted by Gasteiger charge is 2.28. The van der Waals surface area contributed by atoms with Gasteiger partial charge in [-0.05, 0) is 13.8 Å². The summed E-state index contributed by atoms with van der Waals surface area (Å²) in [6.45, 7) is 10.8. The van der Waals surface area contributed by atoms with Gasteiger partial charge in [0, 0.05) is 35.7 Å². The van der Waals surface area contributed by atoms with E-state index >= 15 is 0 Å². The normalized spacial score (nSPS) is 19.5. The summed E-state index contributed by atoms with van der Waals surface area (Å²) in [5.41, 5.74) is 0. The maximum Gasteiger partial charge on any atom is 0.194 e. The van der Waals surface area contributed by atoms with Crippen LogP contribution in [0.5, 0.6) is 0 Å². The molecule has 0 bridgehead atoms. The van der Waals surface area contributed by atoms with Gasteiger partial charge in [-0.3, -0.25) is 4.99 Å². The zero-order valence-corrected chi connectivity index (χ0v) is 14.5. The Morgan fingerprint density at radius 2 is 2.24 bits per heavy atom. The molecule has 1 fully saturated rings. The molecule has 1 aliphatic rings. The first-order valence-corrected chi connectivity index (χ1v) is 6.74. The fourth-order valence-electron chi connectivity index (χ4n) is 1.70. The van der Waals surface area contributed by atoms with Gasteiger partial charge in [0.15, 0.2) is 5.96 Å². The van der Waals surface area contributed by atoms with Crippen LogP contribution in [0.3, 0.4) is 0 Å². The van der Waals surface area contributed by atoms with Crippen molar-refractivity contribution in [2.45, 2.75) is 18.6 Å². The summed E-state index contributed by atoms with van der Waals surface area (Å²) < 4.78 is 0.286. The van der Waals surface area contributed by atoms with Crippen molar-refractivity contribution in [3.63, 3.8) is 0 Å². The molecule has 0 amide bonds. The summed E-state index contributed by atoms with van der Waals surface area (Å²) in [6, 6.07) is 0. The minimum absolute atomic E-state index is 0. The van der Waals surface area contributed by atoms with E-state index < -0.39 is 0 Å². The average molecular weight is 390 g/mol. The van der Waals surface area contributed by atoms with E-state index in [2.05, 4.69) is 35.6 Å². The van der Waals surface area contributed by atoms with Crippen molar-refractivity contribution in [3.05, 3.63) is 11.6 Å². The summed E-state index contributed by atoms with van der Waals surface area (Å²) in [4.78, 5) is 6.55. The van der Waals surface area contributed by atoms with Crippen LogP contribution in [-0.2, 0) is 0 Å². The fraction of sp³-hybridized carbons (Fsp3) is 0.727. The van der Waals surface area contributed by atoms with Crippen molar-refractivity contribution in [1.29, 1.82) is 0 Å². The molecule has 0 aromatic rings. The molecular weight excluding hydrogens is 369 g/mol. The van der Waals surface area contributed by atoms with E-state index in [-0.39, 0.29) is 28.7 Å². The Balaban J connectivity index is 0.00000256. The van der Waals surface area contributed by atoms with Gasteiger partial charge >= 0.3 is 0 Å². The SMILES string of the molecule is C=C(Cl)CNC(=NC)N1CCSC(C)(C)C1.I. The lowest BCUT2D eigenvalue weighted by Gasteiger charge is -2.39. The number of guanidine groups is 1. The van der Waals surface area contributed by atoms with Crippen LogP contribution in [0.25, 0.3) is 0 Å². The summed E-state index contributed by atoms with van der Waals surface area (Å²) in [6.07, 6.45) is 0. The van der Waals surface area contributed by atoms with E-state index in [1.807, 2.05) is 11.8 Å². The quantitative estimate of drug-likeness (QED) is 0.447. The van der Waals surface area contributed by atoms with Crippen molar-refractivity contribution in [2.75, 3.05) is 32.4 Å². The van der Waals surface area contributed by atoms with Crippen LogP contribution < -0.4 is 5.32 Å². The monoisotopic (exact) mass is 389 g/mol. The van der Waals surface area contributed by atoms with Crippen molar-refractivity contribution < 1.29 is 0 Å². The molecule has 1 saturated heterocycles. The molecule has 1 aliphatic heterocycles. The second-order valence-corrected chi connectivity index (χ2v) is 6.78. The third-order valence-electron chi connectivity index (χ3n) is 2.38. The summed E-state index contributed by atoms with van der Waals surface area (Å²) >= 11 is 7.75. The molecule has 3 nitrogen and oxygen atoms in total. The number of halogens is 2. The molecule has 1 heterocycles. The Bertz CT molecular complexity index is 294. The van der Waals surface area contributed by atoms with Crippen LogP contribution in [0.2, 0.25) is 0 Å². The highest BCUT2D eigenvalue weighted by atomic mass is 127. The summed E-state index contributed by atoms with van der Waals surface area (Å²) in [5, 5.41) is 3.82. The first-order chi connectivity index (χ1) is 7.44. The molecule has 1 N–H and O–H groups in total. The van der Waals surface area contributed by atoms with Crippen LogP contribution >= 0.6 is 47.3 Å². The first-order valence-electron chi connectivity index (χ1n) is 5.37. The van der Waals surface area contributed by atoms with Gasteiger partial charge in [0.05, 0.1) is 6.54 Å². The Hall–Kier alpha value is 0.380. The van der Waals surface area contributed by atoms with E-state index in [1.54, 1.807) is 7.05 Å². The lowest BCUT2D eigenvalue weighted by Crippen LogP contribution is -2.51. The second-order valence-electron chi connectivity index (χ2n) is 4.45. The number of hydrogen-bond acceptors (Lipinski definition) is 2. The van der Waals surface area contributed by atoms with Crippen LogP contribution in [-0.4, -0.2) is 48.0 Å². The molecule has 0 aromatic heterocycles. The number of rotatable bonds is 2. The smallest absolute Gasteiger partial charge is 0.194 e. The minimum Gasteiger partial charge on any atom is -0.351 e. The van der Waals surface area contributed by atoms with Crippen molar-refractivity contribution in [3.8, 4) is 0 Å². The van der Waals surface area contributed by atoms with E-state index in [1.165, 1.54) is 0 Å². The average Bonchev–Trinajstić information content (AvgIpc) is 2.16. The highest BCUT2D eigenvalue weighted by molar-refractivity contribution is 14.0. The van der Waals surface area contributed by atoms with E-state index in [4.69, 9.17) is 11.6 Å². The molecule has 0 atom stereocenters. The Labute approximate surface area is 130 Å². The first kappa shape index (κ1) is 17.4. The van der Waals surface area contributed by atoms with E-state index in [0.29, 0.717) is 11.6 Å². The van der Waals surface area contributed by atoms with Crippen LogP contribution in [0.4, 0.5) is 0 Å². The summed E-state index contributed by atoms with van der Waals surface area (Å²) in [7, 11) is 1.80. The van der Waals surface area contributed by atoms with Gasteiger partial charge in [0.25, 0.3) is 0 Å². The van der Waals surface area contributed by atoms with Gasteiger partial charge in [-0.2, -0.15) is 11.8 Å². The lowest BCUT2D eigenvalue weighted by molar-refractivity contribution is 0.377. The standard InChI is InChI=1S/C11H20ClN3S.HI/c1-9(12)7-14-10(13-4)15-5-6-16-11(2,3)8-15;/h1,5-8H2,2-4H3,(H,13,14);1H. The number of nitrogens with one attached hydrogen (secondary N) is 1. The second kappa shape index (κ2) is 7.74.